The number of carbonyl (C=O) groups is 1. The SMILES string of the molecule is O=C(O)c1cccc2nnn(-c3ccc4sccc4c3)c12. The van der Waals surface area contributed by atoms with Crippen molar-refractivity contribution in [2.45, 2.75) is 0 Å². The molecular weight excluding hydrogens is 286 g/mol. The minimum absolute atomic E-state index is 0.197. The summed E-state index contributed by atoms with van der Waals surface area (Å²) in [6.45, 7) is 0. The smallest absolute Gasteiger partial charge is 0.337 e. The molecule has 102 valence electrons. The largest absolute Gasteiger partial charge is 0.478 e. The molecule has 0 saturated heterocycles. The number of aromatic carboxylic acids is 1. The summed E-state index contributed by atoms with van der Waals surface area (Å²) < 4.78 is 2.76. The first-order valence-corrected chi connectivity index (χ1v) is 7.17. The second-order valence-electron chi connectivity index (χ2n) is 4.62. The van der Waals surface area contributed by atoms with Gasteiger partial charge < -0.3 is 5.11 Å². The van der Waals surface area contributed by atoms with Gasteiger partial charge in [-0.2, -0.15) is 0 Å². The van der Waals surface area contributed by atoms with Crippen molar-refractivity contribution in [3.63, 3.8) is 0 Å². The molecular formula is C15H9N3O2S. The summed E-state index contributed by atoms with van der Waals surface area (Å²) in [7, 11) is 0. The Labute approximate surface area is 123 Å². The van der Waals surface area contributed by atoms with Crippen LogP contribution in [0.5, 0.6) is 0 Å². The maximum atomic E-state index is 11.4. The average Bonchev–Trinajstić information content (AvgIpc) is 3.12. The highest BCUT2D eigenvalue weighted by Gasteiger charge is 2.15. The van der Waals surface area contributed by atoms with Crippen LogP contribution in [0.25, 0.3) is 26.8 Å². The van der Waals surface area contributed by atoms with Gasteiger partial charge in [-0.3, -0.25) is 0 Å². The number of hydrogen-bond acceptors (Lipinski definition) is 4. The summed E-state index contributed by atoms with van der Waals surface area (Å²) in [4.78, 5) is 11.4. The Morgan fingerprint density at radius 1 is 1.19 bits per heavy atom. The topological polar surface area (TPSA) is 68.0 Å². The minimum Gasteiger partial charge on any atom is -0.478 e. The van der Waals surface area contributed by atoms with Crippen LogP contribution in [0.2, 0.25) is 0 Å². The van der Waals surface area contributed by atoms with Crippen LogP contribution in [-0.4, -0.2) is 26.1 Å². The lowest BCUT2D eigenvalue weighted by Gasteiger charge is -2.04. The lowest BCUT2D eigenvalue weighted by molar-refractivity contribution is 0.0698. The van der Waals surface area contributed by atoms with Gasteiger partial charge in [0.05, 0.1) is 11.3 Å². The molecule has 2 heterocycles. The van der Waals surface area contributed by atoms with Gasteiger partial charge in [-0.1, -0.05) is 11.3 Å². The number of rotatable bonds is 2. The second-order valence-corrected chi connectivity index (χ2v) is 5.57. The number of para-hydroxylation sites is 1. The summed E-state index contributed by atoms with van der Waals surface area (Å²) in [5, 5.41) is 20.6. The van der Waals surface area contributed by atoms with Crippen LogP contribution in [0, 0.1) is 0 Å². The molecule has 4 rings (SSSR count). The van der Waals surface area contributed by atoms with Crippen LogP contribution in [0.1, 0.15) is 10.4 Å². The predicted molar refractivity (Wildman–Crippen MR) is 81.2 cm³/mol. The Morgan fingerprint density at radius 3 is 2.95 bits per heavy atom. The number of carboxylic acid groups (broad SMARTS) is 1. The van der Waals surface area contributed by atoms with Crippen LogP contribution < -0.4 is 0 Å². The molecule has 5 nitrogen and oxygen atoms in total. The van der Waals surface area contributed by atoms with E-state index in [0.29, 0.717) is 11.0 Å². The number of nitrogens with zero attached hydrogens (tertiary/aromatic N) is 3. The molecule has 0 aliphatic carbocycles. The summed E-state index contributed by atoms with van der Waals surface area (Å²) in [6, 6.07) is 12.9. The van der Waals surface area contributed by atoms with Gasteiger partial charge in [-0.25, -0.2) is 9.48 Å². The molecule has 0 bridgehead atoms. The highest BCUT2D eigenvalue weighted by Crippen LogP contribution is 2.26. The van der Waals surface area contributed by atoms with Crippen molar-refractivity contribution >= 4 is 38.4 Å². The third kappa shape index (κ3) is 1.80. The Hall–Kier alpha value is -2.73. The van der Waals surface area contributed by atoms with Crippen LogP contribution >= 0.6 is 11.3 Å². The number of carboxylic acids is 1. The quantitative estimate of drug-likeness (QED) is 0.616. The zero-order valence-electron chi connectivity index (χ0n) is 10.7. The first-order valence-electron chi connectivity index (χ1n) is 6.29. The van der Waals surface area contributed by atoms with Gasteiger partial charge in [0.1, 0.15) is 11.0 Å². The van der Waals surface area contributed by atoms with E-state index in [0.717, 1.165) is 11.1 Å². The molecule has 0 spiro atoms. The van der Waals surface area contributed by atoms with Crippen LogP contribution in [0.3, 0.4) is 0 Å². The van der Waals surface area contributed by atoms with Gasteiger partial charge in [-0.05, 0) is 47.2 Å². The fraction of sp³-hybridized carbons (Fsp3) is 0. The molecule has 0 saturated carbocycles. The van der Waals surface area contributed by atoms with Crippen LogP contribution in [0.4, 0.5) is 0 Å². The van der Waals surface area contributed by atoms with Crippen molar-refractivity contribution in [3.8, 4) is 5.69 Å². The standard InChI is InChI=1S/C15H9N3O2S/c19-15(20)11-2-1-3-12-14(11)18(17-16-12)10-4-5-13-9(8-10)6-7-21-13/h1-8H,(H,19,20). The molecule has 0 fully saturated rings. The third-order valence-electron chi connectivity index (χ3n) is 3.38. The van der Waals surface area contributed by atoms with E-state index >= 15 is 0 Å². The molecule has 0 radical (unpaired) electrons. The Kier molecular flexibility index (Phi) is 2.52. The number of aromatic nitrogens is 3. The summed E-state index contributed by atoms with van der Waals surface area (Å²) in [6.07, 6.45) is 0. The number of fused-ring (bicyclic) bond motifs is 2. The fourth-order valence-corrected chi connectivity index (χ4v) is 3.18. The maximum Gasteiger partial charge on any atom is 0.337 e. The first kappa shape index (κ1) is 12.0. The fourth-order valence-electron chi connectivity index (χ4n) is 2.41. The van der Waals surface area contributed by atoms with Crippen molar-refractivity contribution in [1.29, 1.82) is 0 Å². The molecule has 0 amide bonds. The molecule has 1 N–H and O–H groups in total. The normalized spacial score (nSPS) is 11.2. The van der Waals surface area contributed by atoms with Crippen molar-refractivity contribution in [2.24, 2.45) is 0 Å². The monoisotopic (exact) mass is 295 g/mol. The van der Waals surface area contributed by atoms with E-state index in [1.54, 1.807) is 34.2 Å². The number of hydrogen-bond donors (Lipinski definition) is 1. The predicted octanol–water partition coefficient (Wildman–Crippen LogP) is 3.33. The van der Waals surface area contributed by atoms with E-state index < -0.39 is 5.97 Å². The summed E-state index contributed by atoms with van der Waals surface area (Å²) in [5.41, 5.74) is 2.08. The Bertz CT molecular complexity index is 987. The number of benzene rings is 2. The molecule has 0 aliphatic heterocycles. The molecule has 2 aromatic heterocycles. The van der Waals surface area contributed by atoms with Crippen molar-refractivity contribution < 1.29 is 9.90 Å². The molecule has 4 aromatic rings. The van der Waals surface area contributed by atoms with Gasteiger partial charge in [0.15, 0.2) is 0 Å². The number of thiophene rings is 1. The Morgan fingerprint density at radius 2 is 2.10 bits per heavy atom. The lowest BCUT2D eigenvalue weighted by Crippen LogP contribution is -2.03. The van der Waals surface area contributed by atoms with E-state index in [9.17, 15) is 9.90 Å². The van der Waals surface area contributed by atoms with Crippen LogP contribution in [-0.2, 0) is 0 Å². The zero-order chi connectivity index (χ0) is 14.4. The molecule has 2 aromatic carbocycles. The van der Waals surface area contributed by atoms with E-state index in [2.05, 4.69) is 10.3 Å². The van der Waals surface area contributed by atoms with Crippen molar-refractivity contribution in [2.75, 3.05) is 0 Å². The van der Waals surface area contributed by atoms with E-state index in [-0.39, 0.29) is 5.56 Å². The molecule has 0 aliphatic rings. The first-order chi connectivity index (χ1) is 10.2. The molecule has 21 heavy (non-hydrogen) atoms. The highest BCUT2D eigenvalue weighted by atomic mass is 32.1. The van der Waals surface area contributed by atoms with Crippen molar-refractivity contribution in [3.05, 3.63) is 53.4 Å². The van der Waals surface area contributed by atoms with Gasteiger partial charge in [-0.15, -0.1) is 16.4 Å². The molecule has 0 atom stereocenters. The maximum absolute atomic E-state index is 11.4. The lowest BCUT2D eigenvalue weighted by atomic mass is 10.1. The molecule has 6 heteroatoms. The summed E-state index contributed by atoms with van der Waals surface area (Å²) >= 11 is 1.67. The van der Waals surface area contributed by atoms with Gasteiger partial charge in [0.2, 0.25) is 0 Å². The van der Waals surface area contributed by atoms with E-state index in [1.807, 2.05) is 29.6 Å². The average molecular weight is 295 g/mol. The summed E-state index contributed by atoms with van der Waals surface area (Å²) in [5.74, 6) is -0.985. The van der Waals surface area contributed by atoms with Gasteiger partial charge >= 0.3 is 5.97 Å². The second kappa shape index (κ2) is 4.39. The van der Waals surface area contributed by atoms with E-state index in [4.69, 9.17) is 0 Å². The van der Waals surface area contributed by atoms with E-state index in [1.165, 1.54) is 4.70 Å². The highest BCUT2D eigenvalue weighted by molar-refractivity contribution is 7.17. The van der Waals surface area contributed by atoms with Gasteiger partial charge in [0.25, 0.3) is 0 Å². The minimum atomic E-state index is -0.985. The Balaban J connectivity index is 2.03. The third-order valence-corrected chi connectivity index (χ3v) is 4.28. The molecule has 0 unspecified atom stereocenters. The van der Waals surface area contributed by atoms with Crippen LogP contribution in [0.15, 0.2) is 47.8 Å². The zero-order valence-corrected chi connectivity index (χ0v) is 11.5. The van der Waals surface area contributed by atoms with Crippen molar-refractivity contribution in [1.82, 2.24) is 15.0 Å². The van der Waals surface area contributed by atoms with Gasteiger partial charge in [0, 0.05) is 4.70 Å².